The zero-order valence-electron chi connectivity index (χ0n) is 11.8. The lowest BCUT2D eigenvalue weighted by Crippen LogP contribution is -2.35. The molecule has 110 valence electrons. The van der Waals surface area contributed by atoms with Crippen molar-refractivity contribution in [2.75, 3.05) is 18.4 Å². The summed E-state index contributed by atoms with van der Waals surface area (Å²) in [7, 11) is 0. The minimum atomic E-state index is 0.504. The number of nitrogens with one attached hydrogen (secondary N) is 2. The molecule has 2 heterocycles. The van der Waals surface area contributed by atoms with E-state index in [1.165, 1.54) is 5.56 Å². The van der Waals surface area contributed by atoms with Gasteiger partial charge in [0.05, 0.1) is 0 Å². The van der Waals surface area contributed by atoms with Gasteiger partial charge < -0.3 is 10.6 Å². The molecule has 0 aliphatic carbocycles. The maximum absolute atomic E-state index is 5.90. The Labute approximate surface area is 130 Å². The largest absolute Gasteiger partial charge is 0.367 e. The molecular weight excluding hydrogens is 284 g/mol. The molecule has 5 heteroatoms. The Kier molecular flexibility index (Phi) is 4.68. The molecule has 1 aliphatic rings. The average Bonchev–Trinajstić information content (AvgIpc) is 2.51. The molecule has 2 N–H and O–H groups in total. The van der Waals surface area contributed by atoms with E-state index in [0.717, 1.165) is 49.0 Å². The third kappa shape index (κ3) is 4.16. The van der Waals surface area contributed by atoms with Crippen molar-refractivity contribution in [3.63, 3.8) is 0 Å². The minimum absolute atomic E-state index is 0.504. The molecule has 1 aromatic heterocycles. The number of benzene rings is 1. The zero-order chi connectivity index (χ0) is 14.5. The van der Waals surface area contributed by atoms with E-state index >= 15 is 0 Å². The monoisotopic (exact) mass is 302 g/mol. The lowest BCUT2D eigenvalue weighted by atomic mass is 10.1. The van der Waals surface area contributed by atoms with Crippen LogP contribution in [0, 0.1) is 0 Å². The fourth-order valence-electron chi connectivity index (χ4n) is 2.52. The highest BCUT2D eigenvalue weighted by atomic mass is 35.5. The second-order valence-corrected chi connectivity index (χ2v) is 5.77. The molecule has 0 spiro atoms. The molecular formula is C16H19ClN4. The van der Waals surface area contributed by atoms with Crippen LogP contribution >= 0.6 is 11.6 Å². The molecule has 0 amide bonds. The van der Waals surface area contributed by atoms with Crippen LogP contribution in [-0.4, -0.2) is 29.1 Å². The van der Waals surface area contributed by atoms with E-state index in [2.05, 4.69) is 20.6 Å². The van der Waals surface area contributed by atoms with E-state index in [0.29, 0.717) is 6.04 Å². The summed E-state index contributed by atoms with van der Waals surface area (Å²) in [5.74, 6) is 1.75. The van der Waals surface area contributed by atoms with Crippen LogP contribution in [0.5, 0.6) is 0 Å². The summed E-state index contributed by atoms with van der Waals surface area (Å²) >= 11 is 5.90. The molecule has 0 unspecified atom stereocenters. The number of piperidine rings is 1. The van der Waals surface area contributed by atoms with Crippen LogP contribution < -0.4 is 10.6 Å². The predicted molar refractivity (Wildman–Crippen MR) is 85.8 cm³/mol. The molecule has 3 rings (SSSR count). The van der Waals surface area contributed by atoms with Crippen LogP contribution in [0.1, 0.15) is 24.2 Å². The first-order valence-electron chi connectivity index (χ1n) is 7.33. The van der Waals surface area contributed by atoms with E-state index < -0.39 is 0 Å². The number of rotatable bonds is 4. The maximum atomic E-state index is 5.90. The first kappa shape index (κ1) is 14.3. The highest BCUT2D eigenvalue weighted by molar-refractivity contribution is 6.30. The SMILES string of the molecule is Clc1ccc(Cc2nccc(NC3CCNCC3)n2)cc1. The van der Waals surface area contributed by atoms with Crippen LogP contribution in [0.3, 0.4) is 0 Å². The molecule has 0 bridgehead atoms. The van der Waals surface area contributed by atoms with E-state index in [1.54, 1.807) is 0 Å². The predicted octanol–water partition coefficient (Wildman–Crippen LogP) is 2.88. The second kappa shape index (κ2) is 6.87. The molecule has 0 radical (unpaired) electrons. The van der Waals surface area contributed by atoms with Gasteiger partial charge in [0.1, 0.15) is 11.6 Å². The first-order valence-corrected chi connectivity index (χ1v) is 7.71. The Morgan fingerprint density at radius 1 is 1.14 bits per heavy atom. The maximum Gasteiger partial charge on any atom is 0.135 e. The van der Waals surface area contributed by atoms with Gasteiger partial charge in [-0.2, -0.15) is 0 Å². The Hall–Kier alpha value is -1.65. The lowest BCUT2D eigenvalue weighted by molar-refractivity contribution is 0.478. The number of aromatic nitrogens is 2. The number of nitrogens with zero attached hydrogens (tertiary/aromatic N) is 2. The van der Waals surface area contributed by atoms with Crippen molar-refractivity contribution in [2.45, 2.75) is 25.3 Å². The smallest absolute Gasteiger partial charge is 0.135 e. The third-order valence-corrected chi connectivity index (χ3v) is 3.92. The summed E-state index contributed by atoms with van der Waals surface area (Å²) in [4.78, 5) is 8.96. The molecule has 1 fully saturated rings. The third-order valence-electron chi connectivity index (χ3n) is 3.67. The number of anilines is 1. The lowest BCUT2D eigenvalue weighted by Gasteiger charge is -2.24. The number of hydrogen-bond acceptors (Lipinski definition) is 4. The molecule has 0 atom stereocenters. The van der Waals surface area contributed by atoms with E-state index in [4.69, 9.17) is 11.6 Å². The van der Waals surface area contributed by atoms with Crippen LogP contribution in [0.25, 0.3) is 0 Å². The fourth-order valence-corrected chi connectivity index (χ4v) is 2.65. The van der Waals surface area contributed by atoms with Gasteiger partial charge in [0.2, 0.25) is 0 Å². The summed E-state index contributed by atoms with van der Waals surface area (Å²) in [5.41, 5.74) is 1.17. The highest BCUT2D eigenvalue weighted by Gasteiger charge is 2.13. The molecule has 1 aromatic carbocycles. The van der Waals surface area contributed by atoms with Crippen molar-refractivity contribution >= 4 is 17.4 Å². The van der Waals surface area contributed by atoms with E-state index in [9.17, 15) is 0 Å². The second-order valence-electron chi connectivity index (χ2n) is 5.33. The van der Waals surface area contributed by atoms with Crippen molar-refractivity contribution < 1.29 is 0 Å². The first-order chi connectivity index (χ1) is 10.3. The van der Waals surface area contributed by atoms with E-state index in [-0.39, 0.29) is 0 Å². The van der Waals surface area contributed by atoms with Gasteiger partial charge in [-0.3, -0.25) is 0 Å². The standard InChI is InChI=1S/C16H19ClN4/c17-13-3-1-12(2-4-13)11-16-19-10-7-15(21-16)20-14-5-8-18-9-6-14/h1-4,7,10,14,18H,5-6,8-9,11H2,(H,19,20,21). The van der Waals surface area contributed by atoms with Crippen molar-refractivity contribution in [1.29, 1.82) is 0 Å². The Morgan fingerprint density at radius 2 is 1.90 bits per heavy atom. The van der Waals surface area contributed by atoms with Crippen molar-refractivity contribution in [3.05, 3.63) is 52.9 Å². The van der Waals surface area contributed by atoms with Gasteiger partial charge in [-0.05, 0) is 49.7 Å². The summed E-state index contributed by atoms with van der Waals surface area (Å²) in [6.45, 7) is 2.14. The topological polar surface area (TPSA) is 49.8 Å². The zero-order valence-corrected chi connectivity index (χ0v) is 12.6. The number of hydrogen-bond donors (Lipinski definition) is 2. The normalized spacial score (nSPS) is 15.9. The van der Waals surface area contributed by atoms with E-state index in [1.807, 2.05) is 36.5 Å². The van der Waals surface area contributed by atoms with Crippen LogP contribution in [0.4, 0.5) is 5.82 Å². The summed E-state index contributed by atoms with van der Waals surface area (Å²) < 4.78 is 0. The molecule has 0 saturated carbocycles. The van der Waals surface area contributed by atoms with Gasteiger partial charge in [0, 0.05) is 23.7 Å². The van der Waals surface area contributed by atoms with Crippen LogP contribution in [0.2, 0.25) is 5.02 Å². The van der Waals surface area contributed by atoms with Gasteiger partial charge in [0.15, 0.2) is 0 Å². The summed E-state index contributed by atoms with van der Waals surface area (Å²) in [5, 5.41) is 7.62. The van der Waals surface area contributed by atoms with Crippen molar-refractivity contribution in [2.24, 2.45) is 0 Å². The fraction of sp³-hybridized carbons (Fsp3) is 0.375. The quantitative estimate of drug-likeness (QED) is 0.912. The molecule has 1 saturated heterocycles. The Bertz CT molecular complexity index is 579. The van der Waals surface area contributed by atoms with Gasteiger partial charge in [-0.15, -0.1) is 0 Å². The van der Waals surface area contributed by atoms with Gasteiger partial charge in [-0.1, -0.05) is 23.7 Å². The summed E-state index contributed by atoms with van der Waals surface area (Å²) in [6.07, 6.45) is 4.81. The Morgan fingerprint density at radius 3 is 2.67 bits per heavy atom. The van der Waals surface area contributed by atoms with Gasteiger partial charge in [0.25, 0.3) is 0 Å². The van der Waals surface area contributed by atoms with Gasteiger partial charge in [-0.25, -0.2) is 9.97 Å². The van der Waals surface area contributed by atoms with Gasteiger partial charge >= 0.3 is 0 Å². The highest BCUT2D eigenvalue weighted by Crippen LogP contribution is 2.14. The molecule has 4 nitrogen and oxygen atoms in total. The van der Waals surface area contributed by atoms with Crippen molar-refractivity contribution in [3.8, 4) is 0 Å². The average molecular weight is 303 g/mol. The molecule has 21 heavy (non-hydrogen) atoms. The molecule has 1 aliphatic heterocycles. The summed E-state index contributed by atoms with van der Waals surface area (Å²) in [6, 6.07) is 10.3. The Balaban J connectivity index is 1.66. The molecule has 2 aromatic rings. The number of halogens is 1. The van der Waals surface area contributed by atoms with Crippen LogP contribution in [0.15, 0.2) is 36.5 Å². The minimum Gasteiger partial charge on any atom is -0.367 e. The van der Waals surface area contributed by atoms with Crippen molar-refractivity contribution in [1.82, 2.24) is 15.3 Å². The van der Waals surface area contributed by atoms with Crippen LogP contribution in [-0.2, 0) is 6.42 Å².